The summed E-state index contributed by atoms with van der Waals surface area (Å²) in [7, 11) is 0. The number of para-hydroxylation sites is 1. The molecule has 17 heavy (non-hydrogen) atoms. The van der Waals surface area contributed by atoms with E-state index < -0.39 is 6.10 Å². The Labute approximate surface area is 98.7 Å². The number of aliphatic hydroxyl groups is 1. The summed E-state index contributed by atoms with van der Waals surface area (Å²) in [6, 6.07) is 7.42. The molecule has 0 fully saturated rings. The maximum absolute atomic E-state index is 11.8. The fraction of sp³-hybridized carbons (Fsp3) is 0.333. The Morgan fingerprint density at radius 3 is 3.12 bits per heavy atom. The van der Waals surface area contributed by atoms with Crippen LogP contribution in [0.15, 0.2) is 29.4 Å². The van der Waals surface area contributed by atoms with Crippen LogP contribution in [0.2, 0.25) is 0 Å². The molecule has 2 aliphatic rings. The number of hydrogen-bond donors (Lipinski definition) is 2. The number of nitrogens with zero attached hydrogens (tertiary/aromatic N) is 2. The molecule has 88 valence electrons. The van der Waals surface area contributed by atoms with Crippen LogP contribution in [0.4, 0.5) is 5.69 Å². The smallest absolute Gasteiger partial charge is 0.263 e. The Hall–Kier alpha value is -1.88. The zero-order valence-corrected chi connectivity index (χ0v) is 9.21. The van der Waals surface area contributed by atoms with Crippen molar-refractivity contribution in [3.05, 3.63) is 29.8 Å². The maximum atomic E-state index is 11.8. The molecule has 2 heterocycles. The van der Waals surface area contributed by atoms with E-state index in [0.717, 1.165) is 11.3 Å². The molecule has 1 aromatic carbocycles. The summed E-state index contributed by atoms with van der Waals surface area (Å²) in [6.45, 7) is 0. The van der Waals surface area contributed by atoms with Gasteiger partial charge in [0.05, 0.1) is 6.10 Å². The lowest BCUT2D eigenvalue weighted by atomic mass is 10.0. The van der Waals surface area contributed by atoms with Gasteiger partial charge in [0, 0.05) is 18.5 Å². The summed E-state index contributed by atoms with van der Waals surface area (Å²) in [5.41, 5.74) is 4.43. The van der Waals surface area contributed by atoms with E-state index in [1.807, 2.05) is 29.2 Å². The third-order valence-electron chi connectivity index (χ3n) is 3.22. The van der Waals surface area contributed by atoms with Crippen LogP contribution >= 0.6 is 0 Å². The minimum absolute atomic E-state index is 0.164. The highest BCUT2D eigenvalue weighted by molar-refractivity contribution is 5.97. The quantitative estimate of drug-likeness (QED) is 0.672. The zero-order valence-electron chi connectivity index (χ0n) is 9.21. The van der Waals surface area contributed by atoms with Crippen molar-refractivity contribution in [3.8, 4) is 0 Å². The number of amides is 1. The average Bonchev–Trinajstić information content (AvgIpc) is 2.46. The third kappa shape index (κ3) is 1.68. The normalized spacial score (nSPS) is 26.9. The van der Waals surface area contributed by atoms with Gasteiger partial charge in [-0.3, -0.25) is 4.79 Å². The summed E-state index contributed by atoms with van der Waals surface area (Å²) in [4.78, 5) is 13.6. The van der Waals surface area contributed by atoms with Crippen molar-refractivity contribution in [2.75, 3.05) is 4.90 Å². The van der Waals surface area contributed by atoms with Crippen LogP contribution in [0.25, 0.3) is 0 Å². The minimum atomic E-state index is -0.497. The highest BCUT2D eigenvalue weighted by atomic mass is 16.3. The van der Waals surface area contributed by atoms with E-state index in [1.54, 1.807) is 6.34 Å². The minimum Gasteiger partial charge on any atom is -0.393 e. The van der Waals surface area contributed by atoms with E-state index in [-0.39, 0.29) is 11.9 Å². The number of hydrazone groups is 1. The summed E-state index contributed by atoms with van der Waals surface area (Å²) in [5.74, 6) is -0.164. The molecule has 0 aliphatic carbocycles. The van der Waals surface area contributed by atoms with Crippen molar-refractivity contribution in [2.24, 2.45) is 5.10 Å². The number of carbonyl (C=O) groups is 1. The molecule has 0 aromatic heterocycles. The number of nitrogens with one attached hydrogen (secondary N) is 1. The maximum Gasteiger partial charge on any atom is 0.263 e. The summed E-state index contributed by atoms with van der Waals surface area (Å²) in [5, 5.41) is 13.8. The zero-order chi connectivity index (χ0) is 11.8. The number of aliphatic hydroxyl groups excluding tert-OH is 1. The van der Waals surface area contributed by atoms with Crippen LogP contribution in [0, 0.1) is 0 Å². The topological polar surface area (TPSA) is 64.9 Å². The highest BCUT2D eigenvalue weighted by Crippen LogP contribution is 2.29. The first-order valence-electron chi connectivity index (χ1n) is 5.63. The second kappa shape index (κ2) is 3.85. The molecule has 5 nitrogen and oxygen atoms in total. The van der Waals surface area contributed by atoms with Crippen molar-refractivity contribution in [3.63, 3.8) is 0 Å². The van der Waals surface area contributed by atoms with Crippen molar-refractivity contribution in [1.82, 2.24) is 5.43 Å². The summed E-state index contributed by atoms with van der Waals surface area (Å²) in [6.07, 6.45) is 2.11. The van der Waals surface area contributed by atoms with Crippen molar-refractivity contribution < 1.29 is 9.90 Å². The van der Waals surface area contributed by atoms with E-state index in [2.05, 4.69) is 10.5 Å². The van der Waals surface area contributed by atoms with E-state index in [9.17, 15) is 9.90 Å². The van der Waals surface area contributed by atoms with Crippen molar-refractivity contribution in [1.29, 1.82) is 0 Å². The molecule has 0 spiro atoms. The number of carbonyl (C=O) groups excluding carboxylic acids is 1. The molecule has 1 aromatic rings. The molecule has 0 saturated heterocycles. The van der Waals surface area contributed by atoms with Gasteiger partial charge in [-0.2, -0.15) is 5.10 Å². The number of rotatable bonds is 0. The second-order valence-corrected chi connectivity index (χ2v) is 4.37. The van der Waals surface area contributed by atoms with Gasteiger partial charge < -0.3 is 10.0 Å². The van der Waals surface area contributed by atoms with E-state index in [0.29, 0.717) is 12.8 Å². The largest absolute Gasteiger partial charge is 0.393 e. The van der Waals surface area contributed by atoms with Gasteiger partial charge in [0.1, 0.15) is 12.4 Å². The standard InChI is InChI=1S/C12H13N3O2/c16-9-5-8-3-1-2-4-10(8)15-7-13-14-12(17)11(15)6-9/h1-4,7,9,11,16H,5-6H2,(H,14,17)/t9-,11+/m0/s1. The van der Waals surface area contributed by atoms with Crippen molar-refractivity contribution >= 4 is 17.9 Å². The second-order valence-electron chi connectivity index (χ2n) is 4.37. The molecule has 2 N–H and O–H groups in total. The predicted octanol–water partition coefficient (Wildman–Crippen LogP) is 0.242. The summed E-state index contributed by atoms with van der Waals surface area (Å²) < 4.78 is 0. The van der Waals surface area contributed by atoms with Crippen molar-refractivity contribution in [2.45, 2.75) is 25.0 Å². The molecule has 2 aliphatic heterocycles. The number of anilines is 1. The van der Waals surface area contributed by atoms with E-state index >= 15 is 0 Å². The average molecular weight is 231 g/mol. The molecule has 1 amide bonds. The third-order valence-corrected chi connectivity index (χ3v) is 3.22. The van der Waals surface area contributed by atoms with Crippen LogP contribution in [-0.4, -0.2) is 29.5 Å². The highest BCUT2D eigenvalue weighted by Gasteiger charge is 2.34. The van der Waals surface area contributed by atoms with Gasteiger partial charge in [-0.1, -0.05) is 18.2 Å². The van der Waals surface area contributed by atoms with Gasteiger partial charge in [-0.25, -0.2) is 5.43 Å². The molecule has 0 saturated carbocycles. The molecular formula is C12H13N3O2. The van der Waals surface area contributed by atoms with Gasteiger partial charge >= 0.3 is 0 Å². The summed E-state index contributed by atoms with van der Waals surface area (Å²) >= 11 is 0. The molecule has 2 atom stereocenters. The molecule has 0 bridgehead atoms. The Balaban J connectivity index is 2.11. The van der Waals surface area contributed by atoms with Gasteiger partial charge in [0.15, 0.2) is 0 Å². The van der Waals surface area contributed by atoms with Gasteiger partial charge in [0.25, 0.3) is 5.91 Å². The first-order valence-corrected chi connectivity index (χ1v) is 5.63. The van der Waals surface area contributed by atoms with Crippen LogP contribution in [0.3, 0.4) is 0 Å². The van der Waals surface area contributed by atoms with Gasteiger partial charge in [-0.15, -0.1) is 0 Å². The van der Waals surface area contributed by atoms with E-state index in [1.165, 1.54) is 0 Å². The molecule has 5 heteroatoms. The fourth-order valence-electron chi connectivity index (χ4n) is 2.42. The molecule has 0 unspecified atom stereocenters. The van der Waals surface area contributed by atoms with Crippen LogP contribution < -0.4 is 10.3 Å². The predicted molar refractivity (Wildman–Crippen MR) is 63.7 cm³/mol. The Bertz CT molecular complexity index is 486. The van der Waals surface area contributed by atoms with E-state index in [4.69, 9.17) is 0 Å². The number of hydrogen-bond acceptors (Lipinski definition) is 4. The van der Waals surface area contributed by atoms with Gasteiger partial charge in [0.2, 0.25) is 0 Å². The SMILES string of the molecule is O=C1NN=CN2c3ccccc3C[C@H](O)C[C@H]12. The Kier molecular flexibility index (Phi) is 2.33. The lowest BCUT2D eigenvalue weighted by molar-refractivity contribution is -0.123. The fourth-order valence-corrected chi connectivity index (χ4v) is 2.42. The Morgan fingerprint density at radius 2 is 2.24 bits per heavy atom. The number of fused-ring (bicyclic) bond motifs is 3. The molecular weight excluding hydrogens is 218 g/mol. The van der Waals surface area contributed by atoms with Crippen LogP contribution in [0.5, 0.6) is 0 Å². The monoisotopic (exact) mass is 231 g/mol. The lowest BCUT2D eigenvalue weighted by Crippen LogP contribution is -2.50. The van der Waals surface area contributed by atoms with Crippen LogP contribution in [0.1, 0.15) is 12.0 Å². The van der Waals surface area contributed by atoms with Crippen LogP contribution in [-0.2, 0) is 11.2 Å². The number of benzene rings is 1. The first-order chi connectivity index (χ1) is 8.25. The molecule has 0 radical (unpaired) electrons. The van der Waals surface area contributed by atoms with Gasteiger partial charge in [-0.05, 0) is 11.6 Å². The lowest BCUT2D eigenvalue weighted by Gasteiger charge is -2.30. The first kappa shape index (κ1) is 10.3. The molecule has 3 rings (SSSR count). The Morgan fingerprint density at radius 1 is 1.41 bits per heavy atom.